The number of rotatable bonds is 13. The summed E-state index contributed by atoms with van der Waals surface area (Å²) in [6.45, 7) is 0. The summed E-state index contributed by atoms with van der Waals surface area (Å²) in [6.07, 6.45) is 0. The Morgan fingerprint density at radius 1 is 0.262 bits per heavy atom. The average molecular weight is 873 g/mol. The van der Waals surface area contributed by atoms with Crippen molar-refractivity contribution in [2.24, 2.45) is 0 Å². The summed E-state index contributed by atoms with van der Waals surface area (Å²) in [5, 5.41) is 9.39. The molecular weight excluding hydrogens is 841 g/mol. The van der Waals surface area contributed by atoms with Gasteiger partial charge in [-0.2, -0.15) is 0 Å². The van der Waals surface area contributed by atoms with E-state index < -0.39 is 41.8 Å². The monoisotopic (exact) mass is 872 g/mol. The Morgan fingerprint density at radius 2 is 0.415 bits per heavy atom. The van der Waals surface area contributed by atoms with Crippen LogP contribution in [0.1, 0.15) is 72.5 Å². The van der Waals surface area contributed by atoms with Crippen LogP contribution in [0.2, 0.25) is 0 Å². The highest BCUT2D eigenvalue weighted by atomic mass is 16.6. The maximum atomic E-state index is 12.8. The van der Waals surface area contributed by atoms with Crippen molar-refractivity contribution in [1.29, 1.82) is 0 Å². The molecule has 0 heterocycles. The Balaban J connectivity index is 0.843. The molecule has 0 atom stereocenters. The van der Waals surface area contributed by atoms with Crippen molar-refractivity contribution in [2.45, 2.75) is 0 Å². The van der Waals surface area contributed by atoms with Crippen LogP contribution >= 0.6 is 0 Å². The summed E-state index contributed by atoms with van der Waals surface area (Å²) in [5.41, 5.74) is 1.35. The maximum absolute atomic E-state index is 12.8. The predicted molar refractivity (Wildman–Crippen MR) is 228 cm³/mol. The lowest BCUT2D eigenvalue weighted by Crippen LogP contribution is -2.12. The first-order chi connectivity index (χ1) is 31.4. The quantitative estimate of drug-likeness (QED) is 0.0852. The van der Waals surface area contributed by atoms with Crippen LogP contribution in [-0.4, -0.2) is 54.0 Å². The molecule has 0 unspecified atom stereocenters. The van der Waals surface area contributed by atoms with Crippen LogP contribution in [-0.2, 0) is 4.74 Å². The zero-order valence-electron chi connectivity index (χ0n) is 33.8. The molecule has 0 aliphatic heterocycles. The van der Waals surface area contributed by atoms with Crippen LogP contribution in [0.3, 0.4) is 0 Å². The molecule has 7 aromatic carbocycles. The lowest BCUT2D eigenvalue weighted by atomic mass is 10.2. The third kappa shape index (κ3) is 11.5. The van der Waals surface area contributed by atoms with Crippen molar-refractivity contribution in [2.75, 3.05) is 7.11 Å². The second kappa shape index (κ2) is 20.0. The molecule has 15 heteroatoms. The number of methoxy groups -OCH3 is 1. The Hall–Kier alpha value is -9.37. The normalized spacial score (nSPS) is 10.4. The number of benzene rings is 7. The van der Waals surface area contributed by atoms with Gasteiger partial charge in [-0.1, -0.05) is 0 Å². The van der Waals surface area contributed by atoms with Gasteiger partial charge in [0.25, 0.3) is 0 Å². The molecular formula is C50H32O15. The number of hydrogen-bond donors (Lipinski definition) is 1. The lowest BCUT2D eigenvalue weighted by Gasteiger charge is -2.09. The lowest BCUT2D eigenvalue weighted by molar-refractivity contribution is 0.0598. The van der Waals surface area contributed by atoms with Gasteiger partial charge in [-0.05, 0) is 170 Å². The smallest absolute Gasteiger partial charge is 0.343 e. The fourth-order valence-electron chi connectivity index (χ4n) is 5.67. The van der Waals surface area contributed by atoms with Crippen LogP contribution in [0.25, 0.3) is 0 Å². The number of carbonyl (C=O) groups excluding carboxylic acids is 7. The van der Waals surface area contributed by atoms with E-state index in [4.69, 9.17) is 28.4 Å². The predicted octanol–water partition coefficient (Wildman–Crippen LogP) is 8.49. The van der Waals surface area contributed by atoms with Gasteiger partial charge in [-0.3, -0.25) is 0 Å². The topological polar surface area (TPSA) is 204 Å². The van der Waals surface area contributed by atoms with E-state index in [9.17, 15) is 38.7 Å². The minimum atomic E-state index is -0.717. The van der Waals surface area contributed by atoms with E-state index in [1.165, 1.54) is 177 Å². The van der Waals surface area contributed by atoms with Gasteiger partial charge in [0.2, 0.25) is 0 Å². The van der Waals surface area contributed by atoms with E-state index >= 15 is 0 Å². The number of ether oxygens (including phenoxy) is 7. The van der Waals surface area contributed by atoms with Crippen molar-refractivity contribution in [3.63, 3.8) is 0 Å². The average Bonchev–Trinajstić information content (AvgIpc) is 3.32. The number of aromatic hydroxyl groups is 1. The number of phenols is 1. The van der Waals surface area contributed by atoms with E-state index in [-0.39, 0.29) is 73.6 Å². The van der Waals surface area contributed by atoms with Gasteiger partial charge in [0.05, 0.1) is 46.1 Å². The van der Waals surface area contributed by atoms with Crippen molar-refractivity contribution >= 4 is 41.8 Å². The van der Waals surface area contributed by atoms with Crippen molar-refractivity contribution in [1.82, 2.24) is 0 Å². The SMILES string of the molecule is COC(=O)c1ccc(OC(=O)c2ccc(OC(=O)c3ccc(OC(=O)c4ccc(OC(=O)c5ccc(OC(=O)c6ccc(OC(=O)c7ccc(O)cc7)cc6)cc5)cc4)cc3)cc2)cc1. The van der Waals surface area contributed by atoms with Crippen LogP contribution in [0.5, 0.6) is 40.2 Å². The van der Waals surface area contributed by atoms with E-state index in [1.807, 2.05) is 0 Å². The standard InChI is InChI=1S/C50H32O15/c1-59-44(52)30-4-18-38(19-5-30)61-46(54)32-8-22-40(23-9-32)63-48(56)34-12-26-42(27-13-34)65-50(58)36-14-28-43(29-15-36)64-49(57)35-10-24-41(25-11-35)62-47(55)33-6-20-39(21-7-33)60-45(53)31-2-16-37(51)17-3-31/h2-29,51H,1H3. The Kier molecular flexibility index (Phi) is 13.5. The summed E-state index contributed by atoms with van der Waals surface area (Å²) in [6, 6.07) is 39.7. The minimum absolute atomic E-state index is 0.00920. The molecule has 0 aliphatic carbocycles. The van der Waals surface area contributed by atoms with E-state index in [2.05, 4.69) is 4.74 Å². The van der Waals surface area contributed by atoms with Crippen LogP contribution in [0.15, 0.2) is 170 Å². The molecule has 0 saturated carbocycles. The maximum Gasteiger partial charge on any atom is 0.343 e. The highest BCUT2D eigenvalue weighted by Crippen LogP contribution is 2.23. The molecule has 0 bridgehead atoms. The van der Waals surface area contributed by atoms with E-state index in [0.717, 1.165) is 0 Å². The van der Waals surface area contributed by atoms with Crippen molar-refractivity contribution in [3.8, 4) is 40.2 Å². The van der Waals surface area contributed by atoms with Crippen LogP contribution in [0.4, 0.5) is 0 Å². The van der Waals surface area contributed by atoms with Gasteiger partial charge in [0.1, 0.15) is 40.2 Å². The Labute approximate surface area is 368 Å². The first kappa shape index (κ1) is 43.7. The molecule has 15 nitrogen and oxygen atoms in total. The zero-order chi connectivity index (χ0) is 45.9. The van der Waals surface area contributed by atoms with Gasteiger partial charge in [0, 0.05) is 0 Å². The minimum Gasteiger partial charge on any atom is -0.508 e. The molecule has 65 heavy (non-hydrogen) atoms. The molecule has 0 saturated heterocycles. The number of esters is 7. The highest BCUT2D eigenvalue weighted by molar-refractivity contribution is 5.96. The fourth-order valence-corrected chi connectivity index (χ4v) is 5.67. The molecule has 0 aromatic heterocycles. The van der Waals surface area contributed by atoms with E-state index in [1.54, 1.807) is 0 Å². The van der Waals surface area contributed by atoms with Crippen LogP contribution < -0.4 is 28.4 Å². The molecule has 0 amide bonds. The summed E-state index contributed by atoms with van der Waals surface area (Å²) >= 11 is 0. The molecule has 322 valence electrons. The second-order valence-electron chi connectivity index (χ2n) is 13.5. The molecule has 0 aliphatic rings. The third-order valence-electron chi connectivity index (χ3n) is 9.09. The summed E-state index contributed by atoms with van der Waals surface area (Å²) in [7, 11) is 1.26. The fraction of sp³-hybridized carbons (Fsp3) is 0.0200. The first-order valence-corrected chi connectivity index (χ1v) is 19.2. The van der Waals surface area contributed by atoms with E-state index in [0.29, 0.717) is 5.56 Å². The Morgan fingerprint density at radius 3 is 0.585 bits per heavy atom. The summed E-state index contributed by atoms with van der Waals surface area (Å²) in [4.78, 5) is 87.6. The van der Waals surface area contributed by atoms with Gasteiger partial charge in [-0.15, -0.1) is 0 Å². The molecule has 1 N–H and O–H groups in total. The molecule has 7 aromatic rings. The molecule has 0 fully saturated rings. The van der Waals surface area contributed by atoms with Crippen molar-refractivity contribution in [3.05, 3.63) is 209 Å². The number of hydrogen-bond acceptors (Lipinski definition) is 15. The number of phenolic OH excluding ortho intramolecular Hbond substituents is 1. The molecule has 0 spiro atoms. The second-order valence-corrected chi connectivity index (χ2v) is 13.5. The van der Waals surface area contributed by atoms with Gasteiger partial charge < -0.3 is 38.3 Å². The summed E-state index contributed by atoms with van der Waals surface area (Å²) < 4.78 is 36.9. The summed E-state index contributed by atoms with van der Waals surface area (Å²) in [5.74, 6) is -3.65. The van der Waals surface area contributed by atoms with Gasteiger partial charge >= 0.3 is 41.8 Å². The Bertz CT molecular complexity index is 2870. The molecule has 7 rings (SSSR count). The first-order valence-electron chi connectivity index (χ1n) is 19.2. The molecule has 0 radical (unpaired) electrons. The highest BCUT2D eigenvalue weighted by Gasteiger charge is 2.17. The van der Waals surface area contributed by atoms with Crippen LogP contribution in [0, 0.1) is 0 Å². The third-order valence-corrected chi connectivity index (χ3v) is 9.09. The van der Waals surface area contributed by atoms with Gasteiger partial charge in [-0.25, -0.2) is 33.6 Å². The van der Waals surface area contributed by atoms with Gasteiger partial charge in [0.15, 0.2) is 0 Å². The zero-order valence-corrected chi connectivity index (χ0v) is 33.8. The number of carbonyl (C=O) groups is 7. The van der Waals surface area contributed by atoms with Crippen molar-refractivity contribution < 1.29 is 71.8 Å². The largest absolute Gasteiger partial charge is 0.508 e.